The van der Waals surface area contributed by atoms with Crippen LogP contribution >= 0.6 is 15.9 Å². The molecule has 0 radical (unpaired) electrons. The quantitative estimate of drug-likeness (QED) is 0.722. The van der Waals surface area contributed by atoms with Crippen LogP contribution in [-0.4, -0.2) is 42.1 Å². The number of nitrogens with zero attached hydrogens (tertiary/aromatic N) is 1. The number of carbonyl (C=O) groups is 2. The van der Waals surface area contributed by atoms with Crippen LogP contribution in [0, 0.1) is 5.92 Å². The first kappa shape index (κ1) is 20.6. The van der Waals surface area contributed by atoms with Gasteiger partial charge in [-0.15, -0.1) is 0 Å². The van der Waals surface area contributed by atoms with Crippen LogP contribution in [0.15, 0.2) is 40.9 Å². The molecule has 5 nitrogen and oxygen atoms in total. The lowest BCUT2D eigenvalue weighted by atomic mass is 9.95. The third kappa shape index (κ3) is 5.04. The molecule has 2 aromatic carbocycles. The minimum atomic E-state index is -0.493. The maximum atomic E-state index is 13.1. The summed E-state index contributed by atoms with van der Waals surface area (Å²) in [6.07, 6.45) is 1.35. The van der Waals surface area contributed by atoms with E-state index in [4.69, 9.17) is 4.74 Å². The van der Waals surface area contributed by atoms with Crippen molar-refractivity contribution in [1.29, 1.82) is 0 Å². The molecular formula is C22H27BrN2O3. The number of benzene rings is 2. The van der Waals surface area contributed by atoms with E-state index >= 15 is 0 Å². The van der Waals surface area contributed by atoms with E-state index in [-0.39, 0.29) is 12.0 Å². The Morgan fingerprint density at radius 1 is 1.14 bits per heavy atom. The van der Waals surface area contributed by atoms with E-state index < -0.39 is 5.60 Å². The van der Waals surface area contributed by atoms with E-state index in [1.807, 2.05) is 62.1 Å². The van der Waals surface area contributed by atoms with Gasteiger partial charge in [-0.25, -0.2) is 4.79 Å². The van der Waals surface area contributed by atoms with Gasteiger partial charge >= 0.3 is 6.09 Å². The number of nitrogens with one attached hydrogen (secondary N) is 1. The highest BCUT2D eigenvalue weighted by Gasteiger charge is 2.26. The second-order valence-electron chi connectivity index (χ2n) is 8.26. The highest BCUT2D eigenvalue weighted by molar-refractivity contribution is 9.10. The van der Waals surface area contributed by atoms with Crippen LogP contribution in [-0.2, 0) is 4.74 Å². The van der Waals surface area contributed by atoms with E-state index in [0.717, 1.165) is 33.7 Å². The topological polar surface area (TPSA) is 58.6 Å². The van der Waals surface area contributed by atoms with Crippen LogP contribution in [0.25, 0.3) is 10.8 Å². The molecule has 0 aliphatic carbocycles. The van der Waals surface area contributed by atoms with Gasteiger partial charge in [-0.05, 0) is 57.0 Å². The fraction of sp³-hybridized carbons (Fsp3) is 0.455. The molecule has 150 valence electrons. The van der Waals surface area contributed by atoms with Crippen molar-refractivity contribution in [2.45, 2.75) is 39.2 Å². The van der Waals surface area contributed by atoms with Crippen LogP contribution in [0.2, 0.25) is 0 Å². The monoisotopic (exact) mass is 446 g/mol. The standard InChI is InChI=1S/C22H27BrN2O3/c1-22(2,3)28-21(27)24-14-15-10-12-25(13-11-15)20(26)17-8-4-6-16-7-5-9-18(23)19(16)17/h4-9,15H,10-14H2,1-3H3,(H,24,27). The Bertz CT molecular complexity index is 862. The highest BCUT2D eigenvalue weighted by atomic mass is 79.9. The number of piperidine rings is 1. The van der Waals surface area contributed by atoms with Gasteiger partial charge in [-0.1, -0.05) is 40.2 Å². The Labute approximate surface area is 174 Å². The molecule has 2 amide bonds. The number of carbonyl (C=O) groups excluding carboxylic acids is 2. The average molecular weight is 447 g/mol. The first-order valence-electron chi connectivity index (χ1n) is 9.68. The van der Waals surface area contributed by atoms with Crippen LogP contribution in [0.4, 0.5) is 4.79 Å². The number of alkyl carbamates (subject to hydrolysis) is 1. The summed E-state index contributed by atoms with van der Waals surface area (Å²) in [4.78, 5) is 26.8. The number of hydrogen-bond donors (Lipinski definition) is 1. The zero-order valence-corrected chi connectivity index (χ0v) is 18.2. The molecule has 3 rings (SSSR count). The molecular weight excluding hydrogens is 420 g/mol. The van der Waals surface area contributed by atoms with Gasteiger partial charge in [0.15, 0.2) is 0 Å². The molecule has 0 unspecified atom stereocenters. The van der Waals surface area contributed by atoms with Crippen LogP contribution in [0.1, 0.15) is 44.0 Å². The molecule has 1 heterocycles. The normalized spacial score (nSPS) is 15.5. The maximum absolute atomic E-state index is 13.1. The van der Waals surface area contributed by atoms with Gasteiger partial charge < -0.3 is 15.0 Å². The molecule has 6 heteroatoms. The Morgan fingerprint density at radius 2 is 1.79 bits per heavy atom. The van der Waals surface area contributed by atoms with Gasteiger partial charge in [0, 0.05) is 35.1 Å². The summed E-state index contributed by atoms with van der Waals surface area (Å²) in [7, 11) is 0. The molecule has 1 fully saturated rings. The number of likely N-dealkylation sites (tertiary alicyclic amines) is 1. The van der Waals surface area contributed by atoms with Crippen LogP contribution < -0.4 is 5.32 Å². The van der Waals surface area contributed by atoms with Gasteiger partial charge in [0.2, 0.25) is 0 Å². The molecule has 1 saturated heterocycles. The van der Waals surface area contributed by atoms with E-state index in [2.05, 4.69) is 21.2 Å². The van der Waals surface area contributed by atoms with Crippen molar-refractivity contribution in [2.24, 2.45) is 5.92 Å². The predicted molar refractivity (Wildman–Crippen MR) is 115 cm³/mol. The van der Waals surface area contributed by atoms with Gasteiger partial charge in [0.05, 0.1) is 0 Å². The minimum Gasteiger partial charge on any atom is -0.444 e. The fourth-order valence-electron chi connectivity index (χ4n) is 3.53. The molecule has 1 aliphatic heterocycles. The number of ether oxygens (including phenoxy) is 1. The molecule has 1 aliphatic rings. The maximum Gasteiger partial charge on any atom is 0.407 e. The van der Waals surface area contributed by atoms with Gasteiger partial charge in [0.25, 0.3) is 5.91 Å². The van der Waals surface area contributed by atoms with Crippen molar-refractivity contribution in [3.63, 3.8) is 0 Å². The summed E-state index contributed by atoms with van der Waals surface area (Å²) in [5.41, 5.74) is 0.238. The van der Waals surface area contributed by atoms with Crippen LogP contribution in [0.3, 0.4) is 0 Å². The number of hydrogen-bond acceptors (Lipinski definition) is 3. The first-order valence-corrected chi connectivity index (χ1v) is 10.5. The predicted octanol–water partition coefficient (Wildman–Crippen LogP) is 4.98. The largest absolute Gasteiger partial charge is 0.444 e. The number of fused-ring (bicyclic) bond motifs is 1. The van der Waals surface area contributed by atoms with Gasteiger partial charge in [-0.2, -0.15) is 0 Å². The number of amides is 2. The summed E-state index contributed by atoms with van der Waals surface area (Å²) >= 11 is 3.58. The zero-order chi connectivity index (χ0) is 20.3. The van der Waals surface area contributed by atoms with Crippen molar-refractivity contribution in [1.82, 2.24) is 10.2 Å². The zero-order valence-electron chi connectivity index (χ0n) is 16.6. The number of halogens is 1. The Balaban J connectivity index is 1.58. The van der Waals surface area contributed by atoms with Gasteiger partial charge in [0.1, 0.15) is 5.60 Å². The Kier molecular flexibility index (Phi) is 6.28. The molecule has 0 spiro atoms. The Morgan fingerprint density at radius 3 is 2.43 bits per heavy atom. The lowest BCUT2D eigenvalue weighted by Gasteiger charge is -2.32. The van der Waals surface area contributed by atoms with Crippen molar-refractivity contribution >= 4 is 38.7 Å². The fourth-order valence-corrected chi connectivity index (χ4v) is 4.12. The molecule has 0 bridgehead atoms. The summed E-state index contributed by atoms with van der Waals surface area (Å²) < 4.78 is 6.21. The van der Waals surface area contributed by atoms with Crippen molar-refractivity contribution in [2.75, 3.05) is 19.6 Å². The summed E-state index contributed by atoms with van der Waals surface area (Å²) in [6.45, 7) is 7.52. The second kappa shape index (κ2) is 8.52. The van der Waals surface area contributed by atoms with E-state index in [1.54, 1.807) is 0 Å². The molecule has 0 atom stereocenters. The third-order valence-electron chi connectivity index (χ3n) is 4.92. The molecule has 0 aromatic heterocycles. The van der Waals surface area contributed by atoms with E-state index in [1.165, 1.54) is 0 Å². The molecule has 28 heavy (non-hydrogen) atoms. The minimum absolute atomic E-state index is 0.0658. The van der Waals surface area contributed by atoms with E-state index in [9.17, 15) is 9.59 Å². The van der Waals surface area contributed by atoms with Crippen molar-refractivity contribution in [3.05, 3.63) is 46.4 Å². The van der Waals surface area contributed by atoms with Gasteiger partial charge in [-0.3, -0.25) is 4.79 Å². The smallest absolute Gasteiger partial charge is 0.407 e. The Hall–Kier alpha value is -2.08. The molecule has 2 aromatic rings. The summed E-state index contributed by atoms with van der Waals surface area (Å²) in [5, 5.41) is 4.86. The second-order valence-corrected chi connectivity index (χ2v) is 9.12. The average Bonchev–Trinajstić information content (AvgIpc) is 2.65. The molecule has 1 N–H and O–H groups in total. The summed E-state index contributed by atoms with van der Waals surface area (Å²) in [5.74, 6) is 0.423. The lowest BCUT2D eigenvalue weighted by molar-refractivity contribution is 0.0500. The van der Waals surface area contributed by atoms with Crippen molar-refractivity contribution < 1.29 is 14.3 Å². The number of rotatable bonds is 3. The lowest BCUT2D eigenvalue weighted by Crippen LogP contribution is -2.42. The molecule has 0 saturated carbocycles. The highest BCUT2D eigenvalue weighted by Crippen LogP contribution is 2.29. The first-order chi connectivity index (χ1) is 13.2. The SMILES string of the molecule is CC(C)(C)OC(=O)NCC1CCN(C(=O)c2cccc3cccc(Br)c23)CC1. The van der Waals surface area contributed by atoms with Crippen LogP contribution in [0.5, 0.6) is 0 Å². The van der Waals surface area contributed by atoms with E-state index in [0.29, 0.717) is 25.6 Å². The van der Waals surface area contributed by atoms with Crippen molar-refractivity contribution in [3.8, 4) is 0 Å². The summed E-state index contributed by atoms with van der Waals surface area (Å²) in [6, 6.07) is 11.8. The third-order valence-corrected chi connectivity index (χ3v) is 5.58.